The zero-order valence-electron chi connectivity index (χ0n) is 11.4. The molecule has 0 aliphatic heterocycles. The molecule has 142 valence electrons. The molecule has 25 heavy (non-hydrogen) atoms. The maximum atomic E-state index is 13.3. The van der Waals surface area contributed by atoms with Gasteiger partial charge in [0.05, 0.1) is 15.0 Å². The molecule has 0 bridgehead atoms. The van der Waals surface area contributed by atoms with E-state index in [-0.39, 0.29) is 0 Å². The number of benzene rings is 1. The standard InChI is InChI=1S/C11H5Cl2F8NO3/c12-5-1-4(22(23)24)2-6(13)7(5)25-3-9(16,17)11(20,21)10(18,19)8(14)15/h1-2,8H,3H2. The van der Waals surface area contributed by atoms with Crippen molar-refractivity contribution < 1.29 is 44.8 Å². The van der Waals surface area contributed by atoms with Gasteiger partial charge in [0.15, 0.2) is 12.4 Å². The number of nitro groups is 1. The monoisotopic (exact) mass is 421 g/mol. The van der Waals surface area contributed by atoms with Crippen LogP contribution in [0.2, 0.25) is 10.0 Å². The number of ether oxygens (including phenoxy) is 1. The van der Waals surface area contributed by atoms with Gasteiger partial charge < -0.3 is 4.74 Å². The van der Waals surface area contributed by atoms with E-state index in [4.69, 9.17) is 23.2 Å². The highest BCUT2D eigenvalue weighted by Crippen LogP contribution is 2.49. The molecule has 0 aliphatic carbocycles. The van der Waals surface area contributed by atoms with Crippen LogP contribution < -0.4 is 4.74 Å². The lowest BCUT2D eigenvalue weighted by atomic mass is 10.1. The smallest absolute Gasteiger partial charge is 0.381 e. The average Bonchev–Trinajstić information content (AvgIpc) is 2.45. The van der Waals surface area contributed by atoms with Gasteiger partial charge in [0.2, 0.25) is 0 Å². The van der Waals surface area contributed by atoms with E-state index in [1.165, 1.54) is 0 Å². The van der Waals surface area contributed by atoms with Gasteiger partial charge in [0.25, 0.3) is 5.69 Å². The summed E-state index contributed by atoms with van der Waals surface area (Å²) in [5.74, 6) is -19.5. The molecular weight excluding hydrogens is 417 g/mol. The minimum Gasteiger partial charge on any atom is -0.484 e. The first-order chi connectivity index (χ1) is 11.1. The Labute approximate surface area is 143 Å². The minimum atomic E-state index is -6.46. The van der Waals surface area contributed by atoms with E-state index in [0.29, 0.717) is 12.1 Å². The maximum Gasteiger partial charge on any atom is 0.381 e. The summed E-state index contributed by atoms with van der Waals surface area (Å²) < 4.78 is 106. The zero-order chi connectivity index (χ0) is 19.8. The van der Waals surface area contributed by atoms with Crippen LogP contribution in [0.4, 0.5) is 40.8 Å². The number of non-ortho nitro benzene ring substituents is 1. The Morgan fingerprint density at radius 2 is 1.52 bits per heavy atom. The zero-order valence-corrected chi connectivity index (χ0v) is 12.9. The first kappa shape index (κ1) is 21.5. The second-order valence-electron chi connectivity index (χ2n) is 4.49. The molecule has 1 aromatic rings. The molecule has 0 amide bonds. The van der Waals surface area contributed by atoms with Crippen molar-refractivity contribution in [3.63, 3.8) is 0 Å². The second-order valence-corrected chi connectivity index (χ2v) is 5.30. The van der Waals surface area contributed by atoms with Gasteiger partial charge in [-0.3, -0.25) is 10.1 Å². The molecule has 0 unspecified atom stereocenters. The van der Waals surface area contributed by atoms with Crippen LogP contribution in [-0.4, -0.2) is 35.7 Å². The SMILES string of the molecule is O=[N+]([O-])c1cc(Cl)c(OCC(F)(F)C(F)(F)C(F)(F)C(F)F)c(Cl)c1. The summed E-state index contributed by atoms with van der Waals surface area (Å²) in [5, 5.41) is 8.98. The van der Waals surface area contributed by atoms with Crippen LogP contribution in [0.5, 0.6) is 5.75 Å². The molecular formula is C11H5Cl2F8NO3. The lowest BCUT2D eigenvalue weighted by Crippen LogP contribution is -2.59. The normalized spacial score (nSPS) is 13.2. The summed E-state index contributed by atoms with van der Waals surface area (Å²) in [6.07, 6.45) is -5.07. The summed E-state index contributed by atoms with van der Waals surface area (Å²) in [5.41, 5.74) is -0.705. The van der Waals surface area contributed by atoms with Crippen LogP contribution in [0.3, 0.4) is 0 Å². The summed E-state index contributed by atoms with van der Waals surface area (Å²) >= 11 is 10.9. The molecule has 0 fully saturated rings. The van der Waals surface area contributed by atoms with Crippen LogP contribution in [0, 0.1) is 10.1 Å². The lowest BCUT2D eigenvalue weighted by Gasteiger charge is -2.32. The predicted octanol–water partition coefficient (Wildman–Crippen LogP) is 5.45. The van der Waals surface area contributed by atoms with Crippen molar-refractivity contribution in [2.75, 3.05) is 6.61 Å². The van der Waals surface area contributed by atoms with Crippen LogP contribution in [0.1, 0.15) is 0 Å². The lowest BCUT2D eigenvalue weighted by molar-refractivity contribution is -0.384. The van der Waals surface area contributed by atoms with E-state index < -0.39 is 57.2 Å². The molecule has 1 rings (SSSR count). The van der Waals surface area contributed by atoms with Gasteiger partial charge in [-0.2, -0.15) is 26.3 Å². The molecule has 0 aromatic heterocycles. The summed E-state index contributed by atoms with van der Waals surface area (Å²) in [6, 6.07) is 1.12. The summed E-state index contributed by atoms with van der Waals surface area (Å²) in [4.78, 5) is 9.53. The van der Waals surface area contributed by atoms with Gasteiger partial charge in [-0.05, 0) is 0 Å². The number of nitrogens with zero attached hydrogens (tertiary/aromatic N) is 1. The molecule has 0 aliphatic rings. The fourth-order valence-corrected chi connectivity index (χ4v) is 2.01. The first-order valence-electron chi connectivity index (χ1n) is 5.83. The molecule has 0 heterocycles. The van der Waals surface area contributed by atoms with Gasteiger partial charge in [0.1, 0.15) is 0 Å². The third kappa shape index (κ3) is 4.00. The van der Waals surface area contributed by atoms with Gasteiger partial charge in [-0.1, -0.05) is 23.2 Å². The average molecular weight is 422 g/mol. The molecule has 14 heteroatoms. The third-order valence-electron chi connectivity index (χ3n) is 2.74. The van der Waals surface area contributed by atoms with Crippen molar-refractivity contribution in [3.8, 4) is 5.75 Å². The van der Waals surface area contributed by atoms with Gasteiger partial charge >= 0.3 is 24.2 Å². The van der Waals surface area contributed by atoms with Crippen molar-refractivity contribution in [1.29, 1.82) is 0 Å². The number of halogens is 10. The number of alkyl halides is 8. The van der Waals surface area contributed by atoms with Crippen LogP contribution in [-0.2, 0) is 0 Å². The van der Waals surface area contributed by atoms with Crippen molar-refractivity contribution in [3.05, 3.63) is 32.3 Å². The Balaban J connectivity index is 3.10. The van der Waals surface area contributed by atoms with Crippen molar-refractivity contribution >= 4 is 28.9 Å². The Hall–Kier alpha value is -1.56. The van der Waals surface area contributed by atoms with E-state index >= 15 is 0 Å². The molecule has 0 atom stereocenters. The highest BCUT2D eigenvalue weighted by molar-refractivity contribution is 6.37. The minimum absolute atomic E-state index is 0.562. The Morgan fingerprint density at radius 3 is 1.88 bits per heavy atom. The second kappa shape index (κ2) is 6.98. The topological polar surface area (TPSA) is 52.4 Å². The summed E-state index contributed by atoms with van der Waals surface area (Å²) in [7, 11) is 0. The van der Waals surface area contributed by atoms with Gasteiger partial charge in [-0.15, -0.1) is 0 Å². The van der Waals surface area contributed by atoms with Crippen LogP contribution in [0.25, 0.3) is 0 Å². The number of nitro benzene ring substituents is 1. The molecule has 0 spiro atoms. The number of hydrogen-bond donors (Lipinski definition) is 0. The third-order valence-corrected chi connectivity index (χ3v) is 3.31. The maximum absolute atomic E-state index is 13.3. The summed E-state index contributed by atoms with van der Waals surface area (Å²) in [6.45, 7) is -2.50. The largest absolute Gasteiger partial charge is 0.484 e. The molecule has 0 saturated carbocycles. The Morgan fingerprint density at radius 1 is 1.08 bits per heavy atom. The van der Waals surface area contributed by atoms with E-state index in [2.05, 4.69) is 4.74 Å². The highest BCUT2D eigenvalue weighted by Gasteiger charge is 2.75. The molecule has 4 nitrogen and oxygen atoms in total. The predicted molar refractivity (Wildman–Crippen MR) is 69.5 cm³/mol. The number of hydrogen-bond acceptors (Lipinski definition) is 3. The fraction of sp³-hybridized carbons (Fsp3) is 0.455. The van der Waals surface area contributed by atoms with Gasteiger partial charge in [0, 0.05) is 12.1 Å². The van der Waals surface area contributed by atoms with Crippen LogP contribution in [0.15, 0.2) is 12.1 Å². The Kier molecular flexibility index (Phi) is 6.00. The van der Waals surface area contributed by atoms with E-state index in [1.54, 1.807) is 0 Å². The van der Waals surface area contributed by atoms with Crippen molar-refractivity contribution in [1.82, 2.24) is 0 Å². The van der Waals surface area contributed by atoms with Crippen molar-refractivity contribution in [2.45, 2.75) is 24.2 Å². The van der Waals surface area contributed by atoms with E-state index in [1.807, 2.05) is 0 Å². The van der Waals surface area contributed by atoms with Crippen LogP contribution >= 0.6 is 23.2 Å². The van der Waals surface area contributed by atoms with E-state index in [0.717, 1.165) is 0 Å². The molecule has 1 aromatic carbocycles. The fourth-order valence-electron chi connectivity index (χ4n) is 1.42. The molecule has 0 radical (unpaired) electrons. The first-order valence-corrected chi connectivity index (χ1v) is 6.58. The van der Waals surface area contributed by atoms with Crippen molar-refractivity contribution in [2.24, 2.45) is 0 Å². The highest BCUT2D eigenvalue weighted by atomic mass is 35.5. The Bertz CT molecular complexity index is 648. The van der Waals surface area contributed by atoms with E-state index in [9.17, 15) is 45.2 Å². The molecule has 0 saturated heterocycles. The quantitative estimate of drug-likeness (QED) is 0.334. The van der Waals surface area contributed by atoms with Gasteiger partial charge in [-0.25, -0.2) is 8.78 Å². The molecule has 0 N–H and O–H groups in total. The number of rotatable bonds is 7.